The van der Waals surface area contributed by atoms with Crippen molar-refractivity contribution in [2.45, 2.75) is 6.18 Å². The van der Waals surface area contributed by atoms with Gasteiger partial charge in [0.05, 0.1) is 17.4 Å². The summed E-state index contributed by atoms with van der Waals surface area (Å²) in [6.45, 7) is 0. The number of rotatable bonds is 2. The summed E-state index contributed by atoms with van der Waals surface area (Å²) in [5.74, 6) is -1.23. The van der Waals surface area contributed by atoms with E-state index in [1.165, 1.54) is 18.4 Å². The maximum Gasteiger partial charge on any atom is 0.416 e. The smallest absolute Gasteiger partial charge is 0.416 e. The third-order valence-electron chi connectivity index (χ3n) is 2.36. The Morgan fingerprint density at radius 2 is 1.94 bits per heavy atom. The van der Waals surface area contributed by atoms with Crippen LogP contribution in [0, 0.1) is 0 Å². The molecule has 0 aliphatic rings. The Morgan fingerprint density at radius 1 is 1.22 bits per heavy atom. The zero-order valence-corrected chi connectivity index (χ0v) is 8.86. The molecule has 0 radical (unpaired) electrons. The molecule has 2 aromatic rings. The average molecular weight is 256 g/mol. The summed E-state index contributed by atoms with van der Waals surface area (Å²) in [6.07, 6.45) is -3.26. The predicted octanol–water partition coefficient (Wildman–Crippen LogP) is 3.66. The molecule has 0 aliphatic carbocycles. The standard InChI is InChI=1S/C12H7F3O3/c13-12(14,15)7-3-4-8(11(16)17)9(6-7)10-2-1-5-18-10/h1-6H,(H,16,17). The van der Waals surface area contributed by atoms with E-state index in [4.69, 9.17) is 9.52 Å². The molecule has 0 unspecified atom stereocenters. The van der Waals surface area contributed by atoms with Crippen LogP contribution in [0.5, 0.6) is 0 Å². The molecule has 2 rings (SSSR count). The lowest BCUT2D eigenvalue weighted by molar-refractivity contribution is -0.137. The van der Waals surface area contributed by atoms with Crippen LogP contribution in [0.3, 0.4) is 0 Å². The molecule has 1 heterocycles. The minimum absolute atomic E-state index is 0.0819. The van der Waals surface area contributed by atoms with Crippen LogP contribution in [0.15, 0.2) is 41.0 Å². The molecule has 0 saturated carbocycles. The van der Waals surface area contributed by atoms with Crippen LogP contribution in [0.1, 0.15) is 15.9 Å². The van der Waals surface area contributed by atoms with Gasteiger partial charge in [0.2, 0.25) is 0 Å². The Hall–Kier alpha value is -2.24. The van der Waals surface area contributed by atoms with Gasteiger partial charge in [-0.25, -0.2) is 4.79 Å². The van der Waals surface area contributed by atoms with Crippen molar-refractivity contribution in [3.8, 4) is 11.3 Å². The fourth-order valence-electron chi connectivity index (χ4n) is 1.54. The van der Waals surface area contributed by atoms with Crippen molar-refractivity contribution in [2.24, 2.45) is 0 Å². The molecular formula is C12H7F3O3. The minimum atomic E-state index is -4.53. The first-order chi connectivity index (χ1) is 8.39. The fourth-order valence-corrected chi connectivity index (χ4v) is 1.54. The zero-order valence-electron chi connectivity index (χ0n) is 8.86. The molecular weight excluding hydrogens is 249 g/mol. The second-order valence-corrected chi connectivity index (χ2v) is 3.54. The molecule has 1 aromatic heterocycles. The van der Waals surface area contributed by atoms with E-state index in [1.807, 2.05) is 0 Å². The zero-order chi connectivity index (χ0) is 13.3. The molecule has 0 amide bonds. The summed E-state index contributed by atoms with van der Waals surface area (Å²) in [5.41, 5.74) is -1.25. The van der Waals surface area contributed by atoms with Crippen LogP contribution in [-0.4, -0.2) is 11.1 Å². The molecule has 94 valence electrons. The topological polar surface area (TPSA) is 50.4 Å². The first-order valence-corrected chi connectivity index (χ1v) is 4.88. The highest BCUT2D eigenvalue weighted by Gasteiger charge is 2.32. The van der Waals surface area contributed by atoms with Crippen molar-refractivity contribution >= 4 is 5.97 Å². The second-order valence-electron chi connectivity index (χ2n) is 3.54. The highest BCUT2D eigenvalue weighted by molar-refractivity contribution is 5.95. The molecule has 1 N–H and O–H groups in total. The lowest BCUT2D eigenvalue weighted by atomic mass is 10.0. The Labute approximate surface area is 99.5 Å². The van der Waals surface area contributed by atoms with Gasteiger partial charge in [-0.3, -0.25) is 0 Å². The maximum atomic E-state index is 12.6. The monoisotopic (exact) mass is 256 g/mol. The van der Waals surface area contributed by atoms with E-state index in [0.29, 0.717) is 0 Å². The van der Waals surface area contributed by atoms with Gasteiger partial charge in [0, 0.05) is 5.56 Å². The van der Waals surface area contributed by atoms with Crippen molar-refractivity contribution in [3.05, 3.63) is 47.7 Å². The van der Waals surface area contributed by atoms with Crippen molar-refractivity contribution in [1.29, 1.82) is 0 Å². The van der Waals surface area contributed by atoms with Crippen molar-refractivity contribution in [2.75, 3.05) is 0 Å². The molecule has 6 heteroatoms. The summed E-state index contributed by atoms with van der Waals surface area (Å²) < 4.78 is 42.6. The van der Waals surface area contributed by atoms with Gasteiger partial charge in [0.25, 0.3) is 0 Å². The third-order valence-corrected chi connectivity index (χ3v) is 2.36. The van der Waals surface area contributed by atoms with E-state index < -0.39 is 17.7 Å². The summed E-state index contributed by atoms with van der Waals surface area (Å²) in [5, 5.41) is 8.94. The number of hydrogen-bond acceptors (Lipinski definition) is 2. The molecule has 18 heavy (non-hydrogen) atoms. The second kappa shape index (κ2) is 4.21. The van der Waals surface area contributed by atoms with Crippen LogP contribution in [-0.2, 0) is 6.18 Å². The number of benzene rings is 1. The van der Waals surface area contributed by atoms with Gasteiger partial charge in [-0.05, 0) is 30.3 Å². The van der Waals surface area contributed by atoms with Crippen LogP contribution in [0.4, 0.5) is 13.2 Å². The van der Waals surface area contributed by atoms with E-state index in [2.05, 4.69) is 0 Å². The predicted molar refractivity (Wildman–Crippen MR) is 56.1 cm³/mol. The minimum Gasteiger partial charge on any atom is -0.478 e. The van der Waals surface area contributed by atoms with Crippen LogP contribution in [0.25, 0.3) is 11.3 Å². The number of carboxylic acid groups (broad SMARTS) is 1. The molecule has 0 aliphatic heterocycles. The Balaban J connectivity index is 2.63. The number of aromatic carboxylic acids is 1. The number of alkyl halides is 3. The number of carboxylic acids is 1. The summed E-state index contributed by atoms with van der Waals surface area (Å²) in [7, 11) is 0. The van der Waals surface area contributed by atoms with Gasteiger partial charge in [-0.15, -0.1) is 0 Å². The normalized spacial score (nSPS) is 11.5. The van der Waals surface area contributed by atoms with Gasteiger partial charge < -0.3 is 9.52 Å². The van der Waals surface area contributed by atoms with Crippen molar-refractivity contribution in [1.82, 2.24) is 0 Å². The quantitative estimate of drug-likeness (QED) is 0.891. The SMILES string of the molecule is O=C(O)c1ccc(C(F)(F)F)cc1-c1ccco1. The number of hydrogen-bond donors (Lipinski definition) is 1. The first-order valence-electron chi connectivity index (χ1n) is 4.88. The van der Waals surface area contributed by atoms with Gasteiger partial charge in [0.1, 0.15) is 5.76 Å². The number of furan rings is 1. The van der Waals surface area contributed by atoms with Gasteiger partial charge >= 0.3 is 12.1 Å². The Bertz CT molecular complexity index is 571. The van der Waals surface area contributed by atoms with E-state index >= 15 is 0 Å². The molecule has 1 aromatic carbocycles. The lowest BCUT2D eigenvalue weighted by Crippen LogP contribution is -2.07. The van der Waals surface area contributed by atoms with E-state index in [1.54, 1.807) is 0 Å². The highest BCUT2D eigenvalue weighted by Crippen LogP contribution is 2.34. The summed E-state index contributed by atoms with van der Waals surface area (Å²) in [4.78, 5) is 11.0. The largest absolute Gasteiger partial charge is 0.478 e. The van der Waals surface area contributed by atoms with E-state index in [0.717, 1.165) is 18.2 Å². The van der Waals surface area contributed by atoms with Gasteiger partial charge in [0.15, 0.2) is 0 Å². The van der Waals surface area contributed by atoms with E-state index in [9.17, 15) is 18.0 Å². The molecule has 3 nitrogen and oxygen atoms in total. The van der Waals surface area contributed by atoms with E-state index in [-0.39, 0.29) is 16.9 Å². The fraction of sp³-hybridized carbons (Fsp3) is 0.0833. The van der Waals surface area contributed by atoms with Crippen LogP contribution in [0.2, 0.25) is 0 Å². The third kappa shape index (κ3) is 2.22. The molecule has 0 spiro atoms. The van der Waals surface area contributed by atoms with Crippen LogP contribution < -0.4 is 0 Å². The summed E-state index contributed by atoms with van der Waals surface area (Å²) in [6, 6.07) is 5.30. The molecule has 0 bridgehead atoms. The number of halogens is 3. The Morgan fingerprint density at radius 3 is 2.44 bits per heavy atom. The van der Waals surface area contributed by atoms with Crippen molar-refractivity contribution in [3.63, 3.8) is 0 Å². The van der Waals surface area contributed by atoms with Crippen molar-refractivity contribution < 1.29 is 27.5 Å². The van der Waals surface area contributed by atoms with Crippen LogP contribution >= 0.6 is 0 Å². The molecule has 0 saturated heterocycles. The maximum absolute atomic E-state index is 12.6. The van der Waals surface area contributed by atoms with Gasteiger partial charge in [-0.1, -0.05) is 0 Å². The highest BCUT2D eigenvalue weighted by atomic mass is 19.4. The molecule has 0 fully saturated rings. The average Bonchev–Trinajstić information content (AvgIpc) is 2.80. The molecule has 0 atom stereocenters. The number of carbonyl (C=O) groups is 1. The lowest BCUT2D eigenvalue weighted by Gasteiger charge is -2.10. The first kappa shape index (κ1) is 12.2. The Kier molecular flexibility index (Phi) is 2.86. The van der Waals surface area contributed by atoms with Gasteiger partial charge in [-0.2, -0.15) is 13.2 Å². The summed E-state index contributed by atoms with van der Waals surface area (Å²) >= 11 is 0.